The van der Waals surface area contributed by atoms with Gasteiger partial charge in [-0.1, -0.05) is 6.07 Å². The van der Waals surface area contributed by atoms with E-state index in [1.165, 1.54) is 11.3 Å². The third-order valence-electron chi connectivity index (χ3n) is 2.44. The molecule has 106 valence electrons. The van der Waals surface area contributed by atoms with Crippen molar-refractivity contribution in [2.24, 2.45) is 0 Å². The van der Waals surface area contributed by atoms with Gasteiger partial charge in [-0.2, -0.15) is 13.2 Å². The fourth-order valence-corrected chi connectivity index (χ4v) is 2.08. The average Bonchev–Trinajstić information content (AvgIpc) is 2.88. The van der Waals surface area contributed by atoms with Crippen LogP contribution in [0, 0.1) is 5.82 Å². The molecule has 0 spiro atoms. The minimum atomic E-state index is -4.64. The lowest BCUT2D eigenvalue weighted by Gasteiger charge is -2.09. The molecule has 0 amide bonds. The summed E-state index contributed by atoms with van der Waals surface area (Å²) < 4.78 is 55.7. The molecule has 0 unspecified atom stereocenters. The predicted octanol–water partition coefficient (Wildman–Crippen LogP) is 4.26. The van der Waals surface area contributed by atoms with Crippen LogP contribution in [-0.4, -0.2) is 5.97 Å². The fraction of sp³-hybridized carbons (Fsp3) is 0.154. The number of carbonyl (C=O) groups is 1. The van der Waals surface area contributed by atoms with Crippen LogP contribution < -0.4 is 0 Å². The van der Waals surface area contributed by atoms with Crippen molar-refractivity contribution < 1.29 is 27.1 Å². The Morgan fingerprint density at radius 2 is 2.00 bits per heavy atom. The topological polar surface area (TPSA) is 26.3 Å². The second-order valence-corrected chi connectivity index (χ2v) is 4.88. The summed E-state index contributed by atoms with van der Waals surface area (Å²) in [5.74, 6) is -2.17. The summed E-state index contributed by atoms with van der Waals surface area (Å²) >= 11 is 1.32. The van der Waals surface area contributed by atoms with Gasteiger partial charge in [0.2, 0.25) is 0 Å². The van der Waals surface area contributed by atoms with Gasteiger partial charge in [0.25, 0.3) is 0 Å². The van der Waals surface area contributed by atoms with Crippen LogP contribution in [0.3, 0.4) is 0 Å². The molecule has 20 heavy (non-hydrogen) atoms. The molecule has 1 aromatic heterocycles. The largest absolute Gasteiger partial charge is 0.456 e. The van der Waals surface area contributed by atoms with E-state index in [2.05, 4.69) is 0 Å². The molecule has 0 saturated carbocycles. The molecule has 2 rings (SSSR count). The predicted molar refractivity (Wildman–Crippen MR) is 64.8 cm³/mol. The van der Waals surface area contributed by atoms with Crippen molar-refractivity contribution in [2.75, 3.05) is 0 Å². The molecule has 0 bridgehead atoms. The fourth-order valence-electron chi connectivity index (χ4n) is 1.47. The Hall–Kier alpha value is -1.89. The van der Waals surface area contributed by atoms with Crippen molar-refractivity contribution in [3.63, 3.8) is 0 Å². The monoisotopic (exact) mass is 304 g/mol. The van der Waals surface area contributed by atoms with Crippen molar-refractivity contribution >= 4 is 17.3 Å². The maximum atomic E-state index is 13.4. The number of hydrogen-bond acceptors (Lipinski definition) is 3. The Kier molecular flexibility index (Phi) is 4.08. The molecule has 7 heteroatoms. The number of esters is 1. The van der Waals surface area contributed by atoms with Gasteiger partial charge in [0.05, 0.1) is 11.1 Å². The molecule has 0 radical (unpaired) electrons. The van der Waals surface area contributed by atoms with Gasteiger partial charge in [0.1, 0.15) is 12.4 Å². The van der Waals surface area contributed by atoms with Gasteiger partial charge in [0, 0.05) is 4.88 Å². The van der Waals surface area contributed by atoms with Gasteiger partial charge in [-0.05, 0) is 29.6 Å². The number of ether oxygens (including phenoxy) is 1. The smallest absolute Gasteiger partial charge is 0.416 e. The molecule has 0 saturated heterocycles. The van der Waals surface area contributed by atoms with Crippen LogP contribution in [0.25, 0.3) is 0 Å². The van der Waals surface area contributed by atoms with Gasteiger partial charge in [0.15, 0.2) is 0 Å². The van der Waals surface area contributed by atoms with Crippen LogP contribution in [0.4, 0.5) is 17.6 Å². The summed E-state index contributed by atoms with van der Waals surface area (Å²) in [5, 5.41) is 1.76. The first-order chi connectivity index (χ1) is 9.38. The Balaban J connectivity index is 2.16. The van der Waals surface area contributed by atoms with Gasteiger partial charge in [-0.15, -0.1) is 11.3 Å². The van der Waals surface area contributed by atoms with Gasteiger partial charge in [-0.25, -0.2) is 9.18 Å². The van der Waals surface area contributed by atoms with Crippen LogP contribution in [0.1, 0.15) is 20.8 Å². The van der Waals surface area contributed by atoms with Crippen LogP contribution in [-0.2, 0) is 17.5 Å². The zero-order valence-corrected chi connectivity index (χ0v) is 10.7. The first-order valence-electron chi connectivity index (χ1n) is 5.44. The third kappa shape index (κ3) is 3.36. The number of rotatable bonds is 3. The Bertz CT molecular complexity index is 605. The van der Waals surface area contributed by atoms with Crippen LogP contribution >= 0.6 is 11.3 Å². The summed E-state index contributed by atoms with van der Waals surface area (Å²) in [7, 11) is 0. The molecule has 2 aromatic rings. The van der Waals surface area contributed by atoms with Gasteiger partial charge in [-0.3, -0.25) is 0 Å². The molecular formula is C13H8F4O2S. The summed E-state index contributed by atoms with van der Waals surface area (Å²) in [5.41, 5.74) is -1.82. The zero-order chi connectivity index (χ0) is 14.8. The van der Waals surface area contributed by atoms with Crippen molar-refractivity contribution in [1.29, 1.82) is 0 Å². The minimum absolute atomic E-state index is 0.105. The highest BCUT2D eigenvalue weighted by atomic mass is 32.1. The number of alkyl halides is 3. The minimum Gasteiger partial charge on any atom is -0.456 e. The molecule has 0 atom stereocenters. The van der Waals surface area contributed by atoms with E-state index in [0.29, 0.717) is 23.1 Å². The lowest BCUT2D eigenvalue weighted by Crippen LogP contribution is -2.11. The second-order valence-electron chi connectivity index (χ2n) is 3.85. The quantitative estimate of drug-likeness (QED) is 0.625. The first kappa shape index (κ1) is 14.5. The molecular weight excluding hydrogens is 296 g/mol. The molecule has 2 nitrogen and oxygen atoms in total. The Labute approximate surface area is 115 Å². The summed E-state index contributed by atoms with van der Waals surface area (Å²) in [6.07, 6.45) is -4.64. The van der Waals surface area contributed by atoms with E-state index < -0.39 is 29.1 Å². The molecule has 0 aliphatic carbocycles. The van der Waals surface area contributed by atoms with E-state index in [9.17, 15) is 22.4 Å². The van der Waals surface area contributed by atoms with E-state index in [1.54, 1.807) is 17.5 Å². The maximum Gasteiger partial charge on any atom is 0.416 e. The summed E-state index contributed by atoms with van der Waals surface area (Å²) in [6, 6.07) is 5.06. The van der Waals surface area contributed by atoms with E-state index in [4.69, 9.17) is 4.74 Å². The zero-order valence-electron chi connectivity index (χ0n) is 9.91. The number of carbonyl (C=O) groups excluding carboxylic acids is 1. The van der Waals surface area contributed by atoms with Gasteiger partial charge >= 0.3 is 12.1 Å². The third-order valence-corrected chi connectivity index (χ3v) is 3.29. The van der Waals surface area contributed by atoms with Crippen LogP contribution in [0.2, 0.25) is 0 Å². The van der Waals surface area contributed by atoms with Crippen molar-refractivity contribution in [3.05, 3.63) is 57.5 Å². The highest BCUT2D eigenvalue weighted by Gasteiger charge is 2.32. The molecule has 0 N–H and O–H groups in total. The molecule has 1 heterocycles. The Morgan fingerprint density at radius 3 is 2.60 bits per heavy atom. The van der Waals surface area contributed by atoms with E-state index in [-0.39, 0.29) is 6.61 Å². The maximum absolute atomic E-state index is 13.4. The summed E-state index contributed by atoms with van der Waals surface area (Å²) in [6.45, 7) is -0.105. The highest BCUT2D eigenvalue weighted by Crippen LogP contribution is 2.30. The summed E-state index contributed by atoms with van der Waals surface area (Å²) in [4.78, 5) is 12.3. The van der Waals surface area contributed by atoms with Gasteiger partial charge < -0.3 is 4.74 Å². The standard InChI is InChI=1S/C13H8F4O2S/c14-11-4-3-8(13(15,16)17)6-10(11)12(18)19-7-9-2-1-5-20-9/h1-6H,7H2. The highest BCUT2D eigenvalue weighted by molar-refractivity contribution is 7.09. The number of halogens is 4. The van der Waals surface area contributed by atoms with E-state index >= 15 is 0 Å². The SMILES string of the molecule is O=C(OCc1cccs1)c1cc(C(F)(F)F)ccc1F. The Morgan fingerprint density at radius 1 is 1.25 bits per heavy atom. The molecule has 0 aliphatic heterocycles. The second kappa shape index (κ2) is 5.62. The molecule has 1 aromatic carbocycles. The average molecular weight is 304 g/mol. The number of hydrogen-bond donors (Lipinski definition) is 0. The van der Waals surface area contributed by atoms with Crippen LogP contribution in [0.5, 0.6) is 0 Å². The van der Waals surface area contributed by atoms with Crippen molar-refractivity contribution in [1.82, 2.24) is 0 Å². The van der Waals surface area contributed by atoms with E-state index in [1.807, 2.05) is 0 Å². The van der Waals surface area contributed by atoms with Crippen LogP contribution in [0.15, 0.2) is 35.7 Å². The normalized spacial score (nSPS) is 11.4. The molecule has 0 aliphatic rings. The first-order valence-corrected chi connectivity index (χ1v) is 6.32. The molecule has 0 fully saturated rings. The van der Waals surface area contributed by atoms with Crippen molar-refractivity contribution in [3.8, 4) is 0 Å². The lowest BCUT2D eigenvalue weighted by molar-refractivity contribution is -0.137. The van der Waals surface area contributed by atoms with E-state index in [0.717, 1.165) is 0 Å². The van der Waals surface area contributed by atoms with Crippen molar-refractivity contribution in [2.45, 2.75) is 12.8 Å². The lowest BCUT2D eigenvalue weighted by atomic mass is 10.1. The number of benzene rings is 1. The number of thiophene rings is 1.